The quantitative estimate of drug-likeness (QED) is 0.574. The highest BCUT2D eigenvalue weighted by Gasteiger charge is 2.48. The first kappa shape index (κ1) is 19.7. The highest BCUT2D eigenvalue weighted by atomic mass is 79.9. The molecular weight excluding hydrogens is 485 g/mol. The zero-order valence-electron chi connectivity index (χ0n) is 15.2. The van der Waals surface area contributed by atoms with Crippen molar-refractivity contribution in [1.82, 2.24) is 19.5 Å². The van der Waals surface area contributed by atoms with Gasteiger partial charge in [-0.3, -0.25) is 10.1 Å². The molecule has 6 nitrogen and oxygen atoms in total. The molecule has 0 saturated heterocycles. The van der Waals surface area contributed by atoms with Gasteiger partial charge in [0.2, 0.25) is 10.0 Å². The fraction of sp³-hybridized carbons (Fsp3) is 0.263. The maximum Gasteiger partial charge on any atom is 0.433 e. The molecule has 0 saturated carbocycles. The van der Waals surface area contributed by atoms with Crippen molar-refractivity contribution in [2.45, 2.75) is 36.0 Å². The van der Waals surface area contributed by atoms with Crippen molar-refractivity contribution < 1.29 is 21.6 Å². The number of benzene rings is 1. The predicted molar refractivity (Wildman–Crippen MR) is 104 cm³/mol. The number of aromatic nitrogens is 3. The Morgan fingerprint density at radius 3 is 2.60 bits per heavy atom. The van der Waals surface area contributed by atoms with Gasteiger partial charge < -0.3 is 0 Å². The molecule has 156 valence electrons. The van der Waals surface area contributed by atoms with Gasteiger partial charge in [-0.25, -0.2) is 8.42 Å². The second-order valence-corrected chi connectivity index (χ2v) is 9.97. The second kappa shape index (κ2) is 6.63. The molecular formula is C19H14BrF3N4O2S. The Labute approximate surface area is 178 Å². The summed E-state index contributed by atoms with van der Waals surface area (Å²) in [5.41, 5.74) is 2.40. The van der Waals surface area contributed by atoms with E-state index in [2.05, 4.69) is 31.1 Å². The number of alkyl halides is 3. The Kier molecular flexibility index (Phi) is 4.35. The Hall–Kier alpha value is -2.24. The lowest BCUT2D eigenvalue weighted by molar-refractivity contribution is -0.141. The highest BCUT2D eigenvalue weighted by Crippen LogP contribution is 2.51. The van der Waals surface area contributed by atoms with Crippen molar-refractivity contribution in [3.05, 3.63) is 75.3 Å². The summed E-state index contributed by atoms with van der Waals surface area (Å²) < 4.78 is 67.9. The van der Waals surface area contributed by atoms with Gasteiger partial charge in [0.15, 0.2) is 0 Å². The van der Waals surface area contributed by atoms with Crippen LogP contribution in [0.15, 0.2) is 52.1 Å². The first-order chi connectivity index (χ1) is 14.2. The van der Waals surface area contributed by atoms with E-state index in [9.17, 15) is 21.6 Å². The largest absolute Gasteiger partial charge is 0.433 e. The van der Waals surface area contributed by atoms with E-state index >= 15 is 0 Å². The van der Waals surface area contributed by atoms with Crippen molar-refractivity contribution in [1.29, 1.82) is 0 Å². The number of nitrogens with zero attached hydrogens (tertiary/aromatic N) is 3. The van der Waals surface area contributed by atoms with Gasteiger partial charge in [-0.15, -0.1) is 0 Å². The number of fused-ring (bicyclic) bond motifs is 6. The van der Waals surface area contributed by atoms with E-state index in [4.69, 9.17) is 0 Å². The third-order valence-electron chi connectivity index (χ3n) is 5.61. The highest BCUT2D eigenvalue weighted by molar-refractivity contribution is 9.10. The number of nitrogens with one attached hydrogen (secondary N) is 1. The van der Waals surface area contributed by atoms with E-state index in [0.717, 1.165) is 39.1 Å². The first-order valence-corrected chi connectivity index (χ1v) is 11.3. The average Bonchev–Trinajstić information content (AvgIpc) is 3.15. The minimum atomic E-state index is -4.64. The molecule has 5 rings (SSSR count). The van der Waals surface area contributed by atoms with Crippen LogP contribution in [0.2, 0.25) is 0 Å². The van der Waals surface area contributed by atoms with Gasteiger partial charge in [0, 0.05) is 28.3 Å². The number of halogens is 4. The molecule has 2 atom stereocenters. The van der Waals surface area contributed by atoms with Crippen LogP contribution in [0, 0.1) is 0 Å². The molecule has 4 heterocycles. The van der Waals surface area contributed by atoms with Gasteiger partial charge in [-0.2, -0.15) is 22.6 Å². The lowest BCUT2D eigenvalue weighted by Gasteiger charge is -2.45. The standard InChI is InChI=1S/C19H14BrF3N4O2S/c20-13-3-1-2-10-6-15-12-9-25-26-14(12)7-16(18(10)13)27(15)30(28,29)11-4-5-17(24-8-11)19(21,22)23/h1-5,8-9,15-16H,6-7H2,(H,25,26)/t15?,16-/m0/s1. The van der Waals surface area contributed by atoms with Gasteiger partial charge in [0.1, 0.15) is 10.6 Å². The maximum atomic E-state index is 13.6. The average molecular weight is 499 g/mol. The number of H-pyrrole nitrogens is 1. The van der Waals surface area contributed by atoms with Crippen LogP contribution >= 0.6 is 15.9 Å². The number of hydrogen-bond donors (Lipinski definition) is 1. The van der Waals surface area contributed by atoms with E-state index in [0.29, 0.717) is 18.9 Å². The summed E-state index contributed by atoms with van der Waals surface area (Å²) in [5, 5.41) is 7.03. The summed E-state index contributed by atoms with van der Waals surface area (Å²) in [4.78, 5) is 3.07. The first-order valence-electron chi connectivity index (χ1n) is 9.04. The summed E-state index contributed by atoms with van der Waals surface area (Å²) >= 11 is 3.54. The summed E-state index contributed by atoms with van der Waals surface area (Å²) in [7, 11) is -4.12. The Balaban J connectivity index is 1.65. The molecule has 2 aliphatic rings. The third-order valence-corrected chi connectivity index (χ3v) is 8.21. The monoisotopic (exact) mass is 498 g/mol. The molecule has 0 spiro atoms. The molecule has 1 unspecified atom stereocenters. The lowest BCUT2D eigenvalue weighted by atomic mass is 9.81. The van der Waals surface area contributed by atoms with Gasteiger partial charge >= 0.3 is 6.18 Å². The zero-order valence-corrected chi connectivity index (χ0v) is 17.6. The molecule has 0 radical (unpaired) electrons. The molecule has 2 bridgehead atoms. The molecule has 1 N–H and O–H groups in total. The molecule has 0 fully saturated rings. The van der Waals surface area contributed by atoms with Gasteiger partial charge in [-0.1, -0.05) is 28.1 Å². The zero-order chi connectivity index (χ0) is 21.3. The van der Waals surface area contributed by atoms with Crippen molar-refractivity contribution in [2.75, 3.05) is 0 Å². The van der Waals surface area contributed by atoms with Crippen LogP contribution in [0.4, 0.5) is 13.2 Å². The normalized spacial score (nSPS) is 21.2. The van der Waals surface area contributed by atoms with Crippen molar-refractivity contribution in [3.8, 4) is 0 Å². The van der Waals surface area contributed by atoms with Crippen LogP contribution in [0.25, 0.3) is 0 Å². The van der Waals surface area contributed by atoms with E-state index in [-0.39, 0.29) is 4.90 Å². The van der Waals surface area contributed by atoms with E-state index in [1.54, 1.807) is 6.20 Å². The minimum absolute atomic E-state index is 0.270. The molecule has 2 aromatic heterocycles. The van der Waals surface area contributed by atoms with Crippen molar-refractivity contribution in [3.63, 3.8) is 0 Å². The molecule has 0 aliphatic carbocycles. The second-order valence-electron chi connectivity index (χ2n) is 7.27. The summed E-state index contributed by atoms with van der Waals surface area (Å²) in [5.74, 6) is 0. The Bertz CT molecular complexity index is 1240. The molecule has 11 heteroatoms. The van der Waals surface area contributed by atoms with Crippen LogP contribution in [0.1, 0.15) is 40.2 Å². The Morgan fingerprint density at radius 1 is 1.10 bits per heavy atom. The van der Waals surface area contributed by atoms with Crippen LogP contribution in [-0.4, -0.2) is 27.9 Å². The smallest absolute Gasteiger partial charge is 0.282 e. The SMILES string of the molecule is O=S(=O)(c1ccc(C(F)(F)F)nc1)N1C2Cc3cccc(Br)c3[C@@H]1Cc1[nH]ncc12. The van der Waals surface area contributed by atoms with Crippen LogP contribution in [-0.2, 0) is 29.0 Å². The van der Waals surface area contributed by atoms with E-state index in [1.165, 1.54) is 4.31 Å². The summed E-state index contributed by atoms with van der Waals surface area (Å²) in [6.45, 7) is 0. The maximum absolute atomic E-state index is 13.6. The van der Waals surface area contributed by atoms with E-state index < -0.39 is 34.0 Å². The Morgan fingerprint density at radius 2 is 1.90 bits per heavy atom. The van der Waals surface area contributed by atoms with Gasteiger partial charge in [0.25, 0.3) is 0 Å². The van der Waals surface area contributed by atoms with Crippen molar-refractivity contribution >= 4 is 26.0 Å². The molecule has 30 heavy (non-hydrogen) atoms. The number of rotatable bonds is 2. The van der Waals surface area contributed by atoms with Crippen molar-refractivity contribution in [2.24, 2.45) is 0 Å². The number of pyridine rings is 1. The molecule has 1 aromatic carbocycles. The van der Waals surface area contributed by atoms with Gasteiger partial charge in [0.05, 0.1) is 18.3 Å². The lowest BCUT2D eigenvalue weighted by Crippen LogP contribution is -2.46. The predicted octanol–water partition coefficient (Wildman–Crippen LogP) is 4.17. The van der Waals surface area contributed by atoms with Crippen LogP contribution < -0.4 is 0 Å². The number of aromatic amines is 1. The molecule has 3 aromatic rings. The fourth-order valence-electron chi connectivity index (χ4n) is 4.34. The number of sulfonamides is 1. The third kappa shape index (κ3) is 2.90. The van der Waals surface area contributed by atoms with Crippen LogP contribution in [0.3, 0.4) is 0 Å². The van der Waals surface area contributed by atoms with Gasteiger partial charge in [-0.05, 0) is 35.7 Å². The van der Waals surface area contributed by atoms with E-state index in [1.807, 2.05) is 18.2 Å². The topological polar surface area (TPSA) is 79.0 Å². The molecule has 2 aliphatic heterocycles. The molecule has 0 amide bonds. The van der Waals surface area contributed by atoms with Crippen LogP contribution in [0.5, 0.6) is 0 Å². The summed E-state index contributed by atoms with van der Waals surface area (Å²) in [6, 6.07) is 6.35. The fourth-order valence-corrected chi connectivity index (χ4v) is 6.72. The summed E-state index contributed by atoms with van der Waals surface area (Å²) in [6.07, 6.45) is -1.42. The number of hydrogen-bond acceptors (Lipinski definition) is 4. The minimum Gasteiger partial charge on any atom is -0.282 e.